The fourth-order valence-electron chi connectivity index (χ4n) is 2.88. The summed E-state index contributed by atoms with van der Waals surface area (Å²) in [6.45, 7) is 0. The molecule has 0 bridgehead atoms. The zero-order valence-corrected chi connectivity index (χ0v) is 17.2. The summed E-state index contributed by atoms with van der Waals surface area (Å²) >= 11 is 2.85. The first-order valence-corrected chi connectivity index (χ1v) is 11.2. The Kier molecular flexibility index (Phi) is 8.22. The second kappa shape index (κ2) is 11.1. The number of aliphatic hydroxyl groups is 1. The summed E-state index contributed by atoms with van der Waals surface area (Å²) in [6.07, 6.45) is 0.670. The van der Waals surface area contributed by atoms with Crippen LogP contribution in [-0.4, -0.2) is 22.1 Å². The van der Waals surface area contributed by atoms with Crippen molar-refractivity contribution < 1.29 is 9.90 Å². The number of benzene rings is 3. The Hall–Kier alpha value is -2.01. The van der Waals surface area contributed by atoms with E-state index in [0.717, 1.165) is 16.2 Å². The fourth-order valence-corrected chi connectivity index (χ4v) is 5.00. The van der Waals surface area contributed by atoms with E-state index in [4.69, 9.17) is 0 Å². The van der Waals surface area contributed by atoms with Crippen LogP contribution in [0.15, 0.2) is 101 Å². The highest BCUT2D eigenvalue weighted by atomic mass is 32.2. The SMILES string of the molecule is O=C(Sc1ccccc1)[C@H](CSc1ccccc1)[C@H](O)CCc1ccccc1. The molecule has 0 amide bonds. The van der Waals surface area contributed by atoms with E-state index in [9.17, 15) is 9.90 Å². The van der Waals surface area contributed by atoms with E-state index < -0.39 is 12.0 Å². The summed E-state index contributed by atoms with van der Waals surface area (Å²) in [5.74, 6) is 0.151. The predicted octanol–water partition coefficient (Wildman–Crippen LogP) is 5.71. The lowest BCUT2D eigenvalue weighted by Crippen LogP contribution is -2.29. The summed E-state index contributed by atoms with van der Waals surface area (Å²) in [6, 6.07) is 29.8. The van der Waals surface area contributed by atoms with Crippen molar-refractivity contribution in [1.82, 2.24) is 0 Å². The van der Waals surface area contributed by atoms with Gasteiger partial charge in [0.2, 0.25) is 0 Å². The average Bonchev–Trinajstić information content (AvgIpc) is 2.74. The van der Waals surface area contributed by atoms with E-state index in [1.165, 1.54) is 17.3 Å². The topological polar surface area (TPSA) is 37.3 Å². The molecule has 1 N–H and O–H groups in total. The normalized spacial score (nSPS) is 13.0. The Labute approximate surface area is 175 Å². The van der Waals surface area contributed by atoms with Crippen LogP contribution in [0, 0.1) is 5.92 Å². The van der Waals surface area contributed by atoms with E-state index in [1.54, 1.807) is 11.8 Å². The zero-order valence-electron chi connectivity index (χ0n) is 15.6. The quantitative estimate of drug-likeness (QED) is 0.460. The van der Waals surface area contributed by atoms with Crippen LogP contribution in [0.3, 0.4) is 0 Å². The van der Waals surface area contributed by atoms with Gasteiger partial charge in [-0.1, -0.05) is 78.5 Å². The van der Waals surface area contributed by atoms with Crippen LogP contribution in [0.25, 0.3) is 0 Å². The summed E-state index contributed by atoms with van der Waals surface area (Å²) in [4.78, 5) is 15.0. The molecule has 4 heteroatoms. The Bertz CT molecular complexity index is 838. The zero-order chi connectivity index (χ0) is 19.6. The Morgan fingerprint density at radius 2 is 1.32 bits per heavy atom. The minimum atomic E-state index is -0.667. The first kappa shape index (κ1) is 20.7. The molecule has 3 aromatic rings. The van der Waals surface area contributed by atoms with Crippen molar-refractivity contribution in [3.05, 3.63) is 96.6 Å². The molecule has 0 spiro atoms. The number of thioether (sulfide) groups is 2. The van der Waals surface area contributed by atoms with Gasteiger partial charge in [0.25, 0.3) is 0 Å². The molecule has 0 saturated heterocycles. The molecule has 0 fully saturated rings. The lowest BCUT2D eigenvalue weighted by molar-refractivity contribution is -0.116. The third-order valence-corrected chi connectivity index (χ3v) is 6.62. The second-order valence-corrected chi connectivity index (χ2v) is 8.73. The van der Waals surface area contributed by atoms with Gasteiger partial charge >= 0.3 is 0 Å². The number of aliphatic hydroxyl groups excluding tert-OH is 1. The summed E-state index contributed by atoms with van der Waals surface area (Å²) in [5, 5.41) is 10.9. The lowest BCUT2D eigenvalue weighted by atomic mass is 9.99. The molecular formula is C24H24O2S2. The van der Waals surface area contributed by atoms with Gasteiger partial charge in [-0.05, 0) is 42.7 Å². The maximum atomic E-state index is 13.0. The molecule has 3 aromatic carbocycles. The van der Waals surface area contributed by atoms with Crippen molar-refractivity contribution in [2.45, 2.75) is 28.7 Å². The van der Waals surface area contributed by atoms with E-state index in [0.29, 0.717) is 12.2 Å². The first-order chi connectivity index (χ1) is 13.7. The fraction of sp³-hybridized carbons (Fsp3) is 0.208. The van der Waals surface area contributed by atoms with E-state index in [1.807, 2.05) is 78.9 Å². The largest absolute Gasteiger partial charge is 0.392 e. The van der Waals surface area contributed by atoms with Crippen LogP contribution in [0.1, 0.15) is 12.0 Å². The first-order valence-electron chi connectivity index (χ1n) is 9.39. The van der Waals surface area contributed by atoms with Gasteiger partial charge in [0.15, 0.2) is 5.12 Å². The maximum absolute atomic E-state index is 13.0. The second-order valence-electron chi connectivity index (χ2n) is 6.56. The number of rotatable bonds is 9. The van der Waals surface area contributed by atoms with Gasteiger partial charge in [-0.25, -0.2) is 0 Å². The monoisotopic (exact) mass is 408 g/mol. The summed E-state index contributed by atoms with van der Waals surface area (Å²) in [5.41, 5.74) is 1.18. The molecule has 0 aliphatic heterocycles. The van der Waals surface area contributed by atoms with E-state index >= 15 is 0 Å². The summed E-state index contributed by atoms with van der Waals surface area (Å²) in [7, 11) is 0. The molecular weight excluding hydrogens is 384 g/mol. The van der Waals surface area contributed by atoms with E-state index in [2.05, 4.69) is 12.1 Å². The van der Waals surface area contributed by atoms with Crippen LogP contribution >= 0.6 is 23.5 Å². The van der Waals surface area contributed by atoms with Gasteiger partial charge < -0.3 is 5.11 Å². The smallest absolute Gasteiger partial charge is 0.200 e. The van der Waals surface area contributed by atoms with Crippen molar-refractivity contribution in [2.75, 3.05) is 5.75 Å². The molecule has 0 aromatic heterocycles. The van der Waals surface area contributed by atoms with Gasteiger partial charge in [0.05, 0.1) is 12.0 Å². The van der Waals surface area contributed by atoms with Gasteiger partial charge in [0, 0.05) is 15.5 Å². The Morgan fingerprint density at radius 1 is 0.786 bits per heavy atom. The number of carbonyl (C=O) groups excluding carboxylic acids is 1. The third kappa shape index (κ3) is 6.55. The van der Waals surface area contributed by atoms with Crippen molar-refractivity contribution >= 4 is 28.6 Å². The molecule has 2 atom stereocenters. The van der Waals surface area contributed by atoms with Crippen molar-refractivity contribution in [3.8, 4) is 0 Å². The standard InChI is InChI=1S/C24H24O2S2/c25-23(17-16-19-10-4-1-5-11-19)22(18-27-20-12-6-2-7-13-20)24(26)28-21-14-8-3-9-15-21/h1-15,22-23,25H,16-18H2/t22-,23-/m1/s1. The highest BCUT2D eigenvalue weighted by molar-refractivity contribution is 8.13. The van der Waals surface area contributed by atoms with Crippen molar-refractivity contribution in [3.63, 3.8) is 0 Å². The molecule has 0 radical (unpaired) electrons. The minimum Gasteiger partial charge on any atom is -0.392 e. The molecule has 0 heterocycles. The number of aryl methyl sites for hydroxylation is 1. The van der Waals surface area contributed by atoms with Gasteiger partial charge in [-0.2, -0.15) is 0 Å². The molecule has 0 aliphatic carbocycles. The highest BCUT2D eigenvalue weighted by Gasteiger charge is 2.27. The molecule has 144 valence electrons. The maximum Gasteiger partial charge on any atom is 0.200 e. The number of carbonyl (C=O) groups is 1. The minimum absolute atomic E-state index is 0.0233. The van der Waals surface area contributed by atoms with E-state index in [-0.39, 0.29) is 5.12 Å². The van der Waals surface area contributed by atoms with Crippen LogP contribution in [-0.2, 0) is 11.2 Å². The van der Waals surface area contributed by atoms with Crippen molar-refractivity contribution in [1.29, 1.82) is 0 Å². The number of hydrogen-bond acceptors (Lipinski definition) is 4. The van der Waals surface area contributed by atoms with Crippen molar-refractivity contribution in [2.24, 2.45) is 5.92 Å². The van der Waals surface area contributed by atoms with Crippen LogP contribution in [0.2, 0.25) is 0 Å². The van der Waals surface area contributed by atoms with Gasteiger partial charge in [-0.3, -0.25) is 4.79 Å². The van der Waals surface area contributed by atoms with Gasteiger partial charge in [-0.15, -0.1) is 11.8 Å². The van der Waals surface area contributed by atoms with Crippen LogP contribution in [0.4, 0.5) is 0 Å². The molecule has 0 unspecified atom stereocenters. The molecule has 2 nitrogen and oxygen atoms in total. The molecule has 0 aliphatic rings. The average molecular weight is 409 g/mol. The Morgan fingerprint density at radius 3 is 1.93 bits per heavy atom. The van der Waals surface area contributed by atoms with Crippen LogP contribution in [0.5, 0.6) is 0 Å². The molecule has 28 heavy (non-hydrogen) atoms. The highest BCUT2D eigenvalue weighted by Crippen LogP contribution is 2.30. The van der Waals surface area contributed by atoms with Gasteiger partial charge in [0.1, 0.15) is 0 Å². The third-order valence-electron chi connectivity index (χ3n) is 4.47. The number of hydrogen-bond donors (Lipinski definition) is 1. The lowest BCUT2D eigenvalue weighted by Gasteiger charge is -2.21. The van der Waals surface area contributed by atoms with Crippen LogP contribution < -0.4 is 0 Å². The summed E-state index contributed by atoms with van der Waals surface area (Å²) < 4.78 is 0. The molecule has 0 saturated carbocycles. The Balaban J connectivity index is 1.66. The molecule has 3 rings (SSSR count). The predicted molar refractivity (Wildman–Crippen MR) is 119 cm³/mol.